The lowest BCUT2D eigenvalue weighted by Gasteiger charge is -2.13. The molecule has 0 saturated carbocycles. The van der Waals surface area contributed by atoms with Crippen molar-refractivity contribution in [2.75, 3.05) is 0 Å². The fourth-order valence-corrected chi connectivity index (χ4v) is 2.68. The van der Waals surface area contributed by atoms with E-state index in [-0.39, 0.29) is 12.5 Å². The van der Waals surface area contributed by atoms with E-state index in [4.69, 9.17) is 23.2 Å². The van der Waals surface area contributed by atoms with Gasteiger partial charge in [0.05, 0.1) is 16.6 Å². The van der Waals surface area contributed by atoms with Gasteiger partial charge in [-0.05, 0) is 23.3 Å². The number of hydrogen-bond donors (Lipinski definition) is 1. The molecule has 0 aliphatic carbocycles. The second-order valence-corrected chi connectivity index (χ2v) is 5.78. The predicted octanol–water partition coefficient (Wildman–Crippen LogP) is 3.79. The Morgan fingerprint density at radius 1 is 1.00 bits per heavy atom. The summed E-state index contributed by atoms with van der Waals surface area (Å²) in [6, 6.07) is 13.1. The van der Waals surface area contributed by atoms with Crippen LogP contribution in [-0.2, 0) is 11.3 Å². The van der Waals surface area contributed by atoms with E-state index in [1.807, 2.05) is 30.3 Å². The Balaban J connectivity index is 1.81. The molecule has 3 amide bonds. The van der Waals surface area contributed by atoms with Crippen LogP contribution in [0.5, 0.6) is 0 Å². The maximum Gasteiger partial charge on any atom is 0.325 e. The molecule has 0 aromatic heterocycles. The number of halogens is 2. The third-order valence-corrected chi connectivity index (χ3v) is 4.22. The van der Waals surface area contributed by atoms with Crippen molar-refractivity contribution < 1.29 is 9.59 Å². The highest BCUT2D eigenvalue weighted by Gasteiger charge is 2.38. The summed E-state index contributed by atoms with van der Waals surface area (Å²) in [7, 11) is 0. The normalized spacial score (nSPS) is 17.7. The molecule has 0 bridgehead atoms. The third kappa shape index (κ3) is 2.80. The highest BCUT2D eigenvalue weighted by Crippen LogP contribution is 2.26. The standard InChI is InChI=1S/C16H12Cl2N2O2/c17-12-7-6-10(8-13(12)18)9-20-15(21)14(19-16(20)22)11-4-2-1-3-5-11/h1-8,14H,9H2,(H,19,22). The fourth-order valence-electron chi connectivity index (χ4n) is 2.36. The molecule has 22 heavy (non-hydrogen) atoms. The lowest BCUT2D eigenvalue weighted by molar-refractivity contribution is -0.128. The number of carbonyl (C=O) groups is 2. The average Bonchev–Trinajstić information content (AvgIpc) is 2.80. The fraction of sp³-hybridized carbons (Fsp3) is 0.125. The molecule has 112 valence electrons. The van der Waals surface area contributed by atoms with Crippen molar-refractivity contribution in [3.8, 4) is 0 Å². The van der Waals surface area contributed by atoms with Gasteiger partial charge in [-0.15, -0.1) is 0 Å². The van der Waals surface area contributed by atoms with Crippen LogP contribution >= 0.6 is 23.2 Å². The van der Waals surface area contributed by atoms with Gasteiger partial charge in [0.15, 0.2) is 0 Å². The zero-order valence-electron chi connectivity index (χ0n) is 11.4. The topological polar surface area (TPSA) is 49.4 Å². The van der Waals surface area contributed by atoms with Crippen LogP contribution in [0.3, 0.4) is 0 Å². The van der Waals surface area contributed by atoms with Gasteiger partial charge in [0.25, 0.3) is 5.91 Å². The molecular formula is C16H12Cl2N2O2. The van der Waals surface area contributed by atoms with Crippen molar-refractivity contribution >= 4 is 35.1 Å². The minimum absolute atomic E-state index is 0.158. The summed E-state index contributed by atoms with van der Waals surface area (Å²) in [4.78, 5) is 25.7. The summed E-state index contributed by atoms with van der Waals surface area (Å²) in [5, 5.41) is 3.52. The molecular weight excluding hydrogens is 323 g/mol. The van der Waals surface area contributed by atoms with E-state index in [1.54, 1.807) is 18.2 Å². The summed E-state index contributed by atoms with van der Waals surface area (Å²) in [6.07, 6.45) is 0. The van der Waals surface area contributed by atoms with E-state index in [1.165, 1.54) is 4.90 Å². The Bertz CT molecular complexity index is 734. The molecule has 1 heterocycles. The molecule has 1 saturated heterocycles. The van der Waals surface area contributed by atoms with Crippen molar-refractivity contribution in [2.24, 2.45) is 0 Å². The van der Waals surface area contributed by atoms with Crippen molar-refractivity contribution in [1.82, 2.24) is 10.2 Å². The minimum Gasteiger partial charge on any atom is -0.322 e. The van der Waals surface area contributed by atoms with E-state index < -0.39 is 12.1 Å². The summed E-state index contributed by atoms with van der Waals surface area (Å²) in [6.45, 7) is 0.158. The molecule has 4 nitrogen and oxygen atoms in total. The van der Waals surface area contributed by atoms with Gasteiger partial charge in [-0.25, -0.2) is 4.79 Å². The van der Waals surface area contributed by atoms with Crippen molar-refractivity contribution in [3.63, 3.8) is 0 Å². The minimum atomic E-state index is -0.642. The summed E-state index contributed by atoms with van der Waals surface area (Å²) < 4.78 is 0. The molecule has 2 aromatic carbocycles. The summed E-state index contributed by atoms with van der Waals surface area (Å²) in [5.41, 5.74) is 1.50. The first-order valence-corrected chi connectivity index (χ1v) is 7.42. The average molecular weight is 335 g/mol. The quantitative estimate of drug-likeness (QED) is 0.868. The maximum atomic E-state index is 12.5. The number of carbonyl (C=O) groups excluding carboxylic acids is 2. The van der Waals surface area contributed by atoms with E-state index in [9.17, 15) is 9.59 Å². The lowest BCUT2D eigenvalue weighted by Crippen LogP contribution is -2.30. The number of hydrogen-bond acceptors (Lipinski definition) is 2. The van der Waals surface area contributed by atoms with Crippen LogP contribution in [0.2, 0.25) is 10.0 Å². The van der Waals surface area contributed by atoms with Gasteiger partial charge in [-0.1, -0.05) is 59.6 Å². The van der Waals surface area contributed by atoms with E-state index in [0.29, 0.717) is 10.0 Å². The Morgan fingerprint density at radius 2 is 1.73 bits per heavy atom. The van der Waals surface area contributed by atoms with Gasteiger partial charge in [-0.3, -0.25) is 9.69 Å². The molecule has 6 heteroatoms. The molecule has 3 rings (SSSR count). The number of nitrogens with zero attached hydrogens (tertiary/aromatic N) is 1. The largest absolute Gasteiger partial charge is 0.325 e. The third-order valence-electron chi connectivity index (χ3n) is 3.48. The second-order valence-electron chi connectivity index (χ2n) is 4.97. The highest BCUT2D eigenvalue weighted by atomic mass is 35.5. The van der Waals surface area contributed by atoms with Crippen LogP contribution in [0.15, 0.2) is 48.5 Å². The number of imide groups is 1. The zero-order valence-corrected chi connectivity index (χ0v) is 12.9. The van der Waals surface area contributed by atoms with E-state index in [2.05, 4.69) is 5.32 Å². The van der Waals surface area contributed by atoms with Gasteiger partial charge < -0.3 is 5.32 Å². The maximum absolute atomic E-state index is 12.5. The first-order valence-electron chi connectivity index (χ1n) is 6.67. The van der Waals surface area contributed by atoms with Crippen molar-refractivity contribution in [3.05, 3.63) is 69.7 Å². The number of rotatable bonds is 3. The van der Waals surface area contributed by atoms with Gasteiger partial charge in [0.2, 0.25) is 0 Å². The van der Waals surface area contributed by atoms with Crippen molar-refractivity contribution in [1.29, 1.82) is 0 Å². The van der Waals surface area contributed by atoms with Gasteiger partial charge in [0, 0.05) is 0 Å². The molecule has 1 fully saturated rings. The summed E-state index contributed by atoms with van der Waals surface area (Å²) in [5.74, 6) is -0.276. The Hall–Kier alpha value is -2.04. The van der Waals surface area contributed by atoms with E-state index in [0.717, 1.165) is 11.1 Å². The number of nitrogens with one attached hydrogen (secondary N) is 1. The number of urea groups is 1. The van der Waals surface area contributed by atoms with Crippen LogP contribution in [-0.4, -0.2) is 16.8 Å². The Labute approximate surface area is 137 Å². The highest BCUT2D eigenvalue weighted by molar-refractivity contribution is 6.42. The molecule has 1 atom stereocenters. The Morgan fingerprint density at radius 3 is 2.41 bits per heavy atom. The smallest absolute Gasteiger partial charge is 0.322 e. The lowest BCUT2D eigenvalue weighted by atomic mass is 10.1. The molecule has 1 unspecified atom stereocenters. The Kier molecular flexibility index (Phi) is 4.05. The molecule has 0 radical (unpaired) electrons. The SMILES string of the molecule is O=C1NC(c2ccccc2)C(=O)N1Cc1ccc(Cl)c(Cl)c1. The molecule has 1 aliphatic heterocycles. The molecule has 1 N–H and O–H groups in total. The molecule has 1 aliphatic rings. The van der Waals surface area contributed by atoms with Crippen LogP contribution < -0.4 is 5.32 Å². The van der Waals surface area contributed by atoms with Gasteiger partial charge >= 0.3 is 6.03 Å². The predicted molar refractivity (Wildman–Crippen MR) is 84.7 cm³/mol. The second kappa shape index (κ2) is 5.99. The molecule has 0 spiro atoms. The monoisotopic (exact) mass is 334 g/mol. The first-order chi connectivity index (χ1) is 10.6. The van der Waals surface area contributed by atoms with Gasteiger partial charge in [-0.2, -0.15) is 0 Å². The van der Waals surface area contributed by atoms with Crippen LogP contribution in [0.25, 0.3) is 0 Å². The first kappa shape index (κ1) is 14.9. The van der Waals surface area contributed by atoms with Crippen molar-refractivity contribution in [2.45, 2.75) is 12.6 Å². The van der Waals surface area contributed by atoms with Gasteiger partial charge in [0.1, 0.15) is 6.04 Å². The molecule has 2 aromatic rings. The van der Waals surface area contributed by atoms with Crippen LogP contribution in [0.1, 0.15) is 17.2 Å². The van der Waals surface area contributed by atoms with E-state index >= 15 is 0 Å². The zero-order chi connectivity index (χ0) is 15.7. The van der Waals surface area contributed by atoms with Crippen LogP contribution in [0, 0.1) is 0 Å². The van der Waals surface area contributed by atoms with Crippen LogP contribution in [0.4, 0.5) is 4.79 Å². The number of amides is 3. The number of benzene rings is 2. The summed E-state index contributed by atoms with van der Waals surface area (Å²) >= 11 is 11.8.